The Balaban J connectivity index is 2.44. The van der Waals surface area contributed by atoms with Gasteiger partial charge in [0.2, 0.25) is 0 Å². The highest BCUT2D eigenvalue weighted by Gasteiger charge is 2.35. The van der Waals surface area contributed by atoms with Crippen LogP contribution in [-0.2, 0) is 14.6 Å². The van der Waals surface area contributed by atoms with Crippen LogP contribution in [0.2, 0.25) is 0 Å². The van der Waals surface area contributed by atoms with Gasteiger partial charge in [-0.05, 0) is 11.6 Å². The summed E-state index contributed by atoms with van der Waals surface area (Å²) in [6.07, 6.45) is 0. The van der Waals surface area contributed by atoms with Crippen LogP contribution in [0.5, 0.6) is 0 Å². The largest absolute Gasteiger partial charge is 0.396 e. The third kappa shape index (κ3) is 2.22. The Morgan fingerprint density at radius 3 is 2.59 bits per heavy atom. The highest BCUT2D eigenvalue weighted by molar-refractivity contribution is 7.92. The van der Waals surface area contributed by atoms with Crippen molar-refractivity contribution in [1.29, 1.82) is 0 Å². The predicted octanol–water partition coefficient (Wildman–Crippen LogP) is 0.955. The molecule has 1 heterocycles. The molecule has 2 rings (SSSR count). The lowest BCUT2D eigenvalue weighted by Gasteiger charge is -2.27. The van der Waals surface area contributed by atoms with Gasteiger partial charge < -0.3 is 9.84 Å². The quantitative estimate of drug-likeness (QED) is 0.871. The van der Waals surface area contributed by atoms with Crippen molar-refractivity contribution < 1.29 is 18.3 Å². The second kappa shape index (κ2) is 4.76. The van der Waals surface area contributed by atoms with E-state index in [9.17, 15) is 8.42 Å². The molecule has 5 heteroatoms. The number of hydrogen-bond acceptors (Lipinski definition) is 4. The van der Waals surface area contributed by atoms with Crippen molar-refractivity contribution in [2.24, 2.45) is 0 Å². The van der Waals surface area contributed by atoms with Crippen molar-refractivity contribution in [3.05, 3.63) is 29.8 Å². The summed E-state index contributed by atoms with van der Waals surface area (Å²) in [7, 11) is -3.32. The van der Waals surface area contributed by atoms with Crippen LogP contribution in [0.15, 0.2) is 29.2 Å². The molecule has 1 aliphatic rings. The Kier molecular flexibility index (Phi) is 3.51. The molecule has 1 N–H and O–H groups in total. The zero-order valence-corrected chi connectivity index (χ0v) is 10.5. The van der Waals surface area contributed by atoms with E-state index in [-0.39, 0.29) is 25.7 Å². The van der Waals surface area contributed by atoms with E-state index in [2.05, 4.69) is 0 Å². The molecule has 0 bridgehead atoms. The third-order valence-corrected chi connectivity index (χ3v) is 5.21. The summed E-state index contributed by atoms with van der Waals surface area (Å²) < 4.78 is 29.5. The Morgan fingerprint density at radius 2 is 2.06 bits per heavy atom. The maximum Gasteiger partial charge on any atom is 0.186 e. The lowest BCUT2D eigenvalue weighted by Crippen LogP contribution is -2.41. The van der Waals surface area contributed by atoms with E-state index in [1.54, 1.807) is 24.3 Å². The van der Waals surface area contributed by atoms with Crippen molar-refractivity contribution >= 4 is 9.84 Å². The fourth-order valence-corrected chi connectivity index (χ4v) is 3.59. The first-order valence-electron chi connectivity index (χ1n) is 5.58. The minimum atomic E-state index is -3.32. The van der Waals surface area contributed by atoms with Crippen LogP contribution in [0.1, 0.15) is 18.4 Å². The molecule has 0 aliphatic carbocycles. The average Bonchev–Trinajstić information content (AvgIpc) is 2.25. The standard InChI is InChI=1S/C12H16O4S/c1-9(6-13)11-4-2-3-5-12(11)17(14,15)10-7-16-8-10/h2-5,9-10,13H,6-8H2,1H3. The molecule has 1 atom stereocenters. The summed E-state index contributed by atoms with van der Waals surface area (Å²) in [5, 5.41) is 8.73. The number of ether oxygens (including phenoxy) is 1. The van der Waals surface area contributed by atoms with E-state index in [1.807, 2.05) is 6.92 Å². The van der Waals surface area contributed by atoms with E-state index < -0.39 is 15.1 Å². The van der Waals surface area contributed by atoms with Gasteiger partial charge in [-0.1, -0.05) is 25.1 Å². The van der Waals surface area contributed by atoms with Crippen LogP contribution in [-0.4, -0.2) is 38.6 Å². The topological polar surface area (TPSA) is 63.6 Å². The van der Waals surface area contributed by atoms with Crippen molar-refractivity contribution in [3.63, 3.8) is 0 Å². The Morgan fingerprint density at radius 1 is 1.41 bits per heavy atom. The molecule has 1 unspecified atom stereocenters. The van der Waals surface area contributed by atoms with Gasteiger partial charge in [-0.25, -0.2) is 8.42 Å². The molecule has 1 aliphatic heterocycles. The Hall–Kier alpha value is -0.910. The van der Waals surface area contributed by atoms with Gasteiger partial charge in [0, 0.05) is 12.5 Å². The molecule has 0 radical (unpaired) electrons. The smallest absolute Gasteiger partial charge is 0.186 e. The molecule has 4 nitrogen and oxygen atoms in total. The SMILES string of the molecule is CC(CO)c1ccccc1S(=O)(=O)C1COC1. The number of aliphatic hydroxyl groups excluding tert-OH is 1. The van der Waals surface area contributed by atoms with Gasteiger partial charge in [0.05, 0.1) is 18.1 Å². The van der Waals surface area contributed by atoms with Gasteiger partial charge in [-0.2, -0.15) is 0 Å². The normalized spacial score (nSPS) is 18.7. The van der Waals surface area contributed by atoms with Gasteiger partial charge in [0.15, 0.2) is 9.84 Å². The number of benzene rings is 1. The predicted molar refractivity (Wildman–Crippen MR) is 63.7 cm³/mol. The van der Waals surface area contributed by atoms with Crippen molar-refractivity contribution in [2.45, 2.75) is 23.0 Å². The van der Waals surface area contributed by atoms with Crippen LogP contribution < -0.4 is 0 Å². The third-order valence-electron chi connectivity index (χ3n) is 3.08. The summed E-state index contributed by atoms with van der Waals surface area (Å²) in [5.74, 6) is -0.179. The number of aliphatic hydroxyl groups is 1. The highest BCUT2D eigenvalue weighted by atomic mass is 32.2. The molecule has 1 aromatic carbocycles. The fraction of sp³-hybridized carbons (Fsp3) is 0.500. The monoisotopic (exact) mass is 256 g/mol. The Bertz CT molecular complexity index is 491. The van der Waals surface area contributed by atoms with Crippen LogP contribution in [0.25, 0.3) is 0 Å². The summed E-state index contributed by atoms with van der Waals surface area (Å²) in [4.78, 5) is 0.329. The zero-order chi connectivity index (χ0) is 12.5. The molecule has 1 fully saturated rings. The lowest BCUT2D eigenvalue weighted by molar-refractivity contribution is 0.0415. The molecule has 1 saturated heterocycles. The second-order valence-corrected chi connectivity index (χ2v) is 6.52. The van der Waals surface area contributed by atoms with E-state index in [1.165, 1.54) is 0 Å². The number of rotatable bonds is 4. The number of hydrogen-bond donors (Lipinski definition) is 1. The van der Waals surface area contributed by atoms with Gasteiger partial charge in [-0.3, -0.25) is 0 Å². The van der Waals surface area contributed by atoms with Gasteiger partial charge in [0.1, 0.15) is 5.25 Å². The molecule has 94 valence electrons. The first-order chi connectivity index (χ1) is 8.07. The lowest BCUT2D eigenvalue weighted by atomic mass is 10.0. The molecule has 0 spiro atoms. The molecule has 0 aromatic heterocycles. The van der Waals surface area contributed by atoms with Crippen LogP contribution in [0.3, 0.4) is 0 Å². The van der Waals surface area contributed by atoms with Crippen molar-refractivity contribution in [2.75, 3.05) is 19.8 Å². The van der Waals surface area contributed by atoms with Gasteiger partial charge >= 0.3 is 0 Å². The molecule has 1 aromatic rings. The summed E-state index contributed by atoms with van der Waals surface area (Å²) >= 11 is 0. The molecule has 17 heavy (non-hydrogen) atoms. The summed E-state index contributed by atoms with van der Waals surface area (Å²) in [6, 6.07) is 6.86. The van der Waals surface area contributed by atoms with E-state index in [0.717, 1.165) is 0 Å². The maximum absolute atomic E-state index is 12.3. The first-order valence-corrected chi connectivity index (χ1v) is 7.13. The zero-order valence-electron chi connectivity index (χ0n) is 9.67. The minimum Gasteiger partial charge on any atom is -0.396 e. The van der Waals surface area contributed by atoms with Crippen LogP contribution in [0, 0.1) is 0 Å². The molecule has 0 saturated carbocycles. The second-order valence-electron chi connectivity index (χ2n) is 4.33. The Labute approximate surface area is 101 Å². The van der Waals surface area contributed by atoms with Gasteiger partial charge in [0.25, 0.3) is 0 Å². The van der Waals surface area contributed by atoms with E-state index in [0.29, 0.717) is 10.5 Å². The van der Waals surface area contributed by atoms with Crippen LogP contribution in [0.4, 0.5) is 0 Å². The number of sulfone groups is 1. The fourth-order valence-electron chi connectivity index (χ4n) is 1.82. The van der Waals surface area contributed by atoms with Crippen molar-refractivity contribution in [3.8, 4) is 0 Å². The van der Waals surface area contributed by atoms with Crippen molar-refractivity contribution in [1.82, 2.24) is 0 Å². The first kappa shape index (κ1) is 12.5. The van der Waals surface area contributed by atoms with E-state index >= 15 is 0 Å². The van der Waals surface area contributed by atoms with Crippen LogP contribution >= 0.6 is 0 Å². The average molecular weight is 256 g/mol. The molecular formula is C12H16O4S. The molecule has 0 amide bonds. The maximum atomic E-state index is 12.3. The van der Waals surface area contributed by atoms with Gasteiger partial charge in [-0.15, -0.1) is 0 Å². The molecular weight excluding hydrogens is 240 g/mol. The summed E-state index contributed by atoms with van der Waals surface area (Å²) in [6.45, 7) is 2.29. The van der Waals surface area contributed by atoms with E-state index in [4.69, 9.17) is 9.84 Å². The highest BCUT2D eigenvalue weighted by Crippen LogP contribution is 2.28. The summed E-state index contributed by atoms with van der Waals surface area (Å²) in [5.41, 5.74) is 0.682. The minimum absolute atomic E-state index is 0.0618.